The summed E-state index contributed by atoms with van der Waals surface area (Å²) in [6.07, 6.45) is 0. The smallest absolute Gasteiger partial charge is 0.204 e. The minimum Gasteiger partial charge on any atom is -0.497 e. The molecule has 0 spiro atoms. The minimum absolute atomic E-state index is 0.130. The zero-order valence-corrected chi connectivity index (χ0v) is 11.2. The van der Waals surface area contributed by atoms with Gasteiger partial charge in [0, 0.05) is 5.56 Å². The Bertz CT molecular complexity index is 563. The molecule has 0 aliphatic rings. The van der Waals surface area contributed by atoms with Crippen LogP contribution in [0.15, 0.2) is 30.3 Å². The molecular formula is C12H8Cl2O2S. The van der Waals surface area contributed by atoms with E-state index in [1.807, 2.05) is 0 Å². The lowest BCUT2D eigenvalue weighted by Gasteiger charge is -2.04. The maximum absolute atomic E-state index is 12.1. The molecule has 0 N–H and O–H groups in total. The number of ketones is 1. The van der Waals surface area contributed by atoms with Crippen molar-refractivity contribution in [3.05, 3.63) is 50.1 Å². The fourth-order valence-corrected chi connectivity index (χ4v) is 2.63. The molecule has 0 fully saturated rings. The molecule has 0 unspecified atom stereocenters. The third-order valence-corrected chi connectivity index (χ3v) is 3.76. The lowest BCUT2D eigenvalue weighted by molar-refractivity contribution is 0.104. The fraction of sp³-hybridized carbons (Fsp3) is 0.0833. The normalized spacial score (nSPS) is 10.3. The molecule has 1 heterocycles. The van der Waals surface area contributed by atoms with Crippen LogP contribution in [0.3, 0.4) is 0 Å². The van der Waals surface area contributed by atoms with E-state index in [-0.39, 0.29) is 5.78 Å². The highest BCUT2D eigenvalue weighted by molar-refractivity contribution is 7.18. The molecule has 0 saturated carbocycles. The second kappa shape index (κ2) is 5.08. The van der Waals surface area contributed by atoms with Crippen LogP contribution in [0.5, 0.6) is 5.75 Å². The summed E-state index contributed by atoms with van der Waals surface area (Å²) < 4.78 is 5.61. The van der Waals surface area contributed by atoms with Crippen LogP contribution in [-0.4, -0.2) is 12.9 Å². The highest BCUT2D eigenvalue weighted by Crippen LogP contribution is 2.28. The number of carbonyl (C=O) groups excluding carboxylic acids is 1. The monoisotopic (exact) mass is 286 g/mol. The predicted molar refractivity (Wildman–Crippen MR) is 70.8 cm³/mol. The molecule has 2 rings (SSSR count). The van der Waals surface area contributed by atoms with Crippen LogP contribution in [0.2, 0.25) is 9.36 Å². The van der Waals surface area contributed by atoms with Crippen molar-refractivity contribution in [1.82, 2.24) is 0 Å². The summed E-state index contributed by atoms with van der Waals surface area (Å²) in [5.41, 5.74) is 0.450. The van der Waals surface area contributed by atoms with Crippen molar-refractivity contribution in [3.8, 4) is 5.75 Å². The van der Waals surface area contributed by atoms with Crippen LogP contribution in [-0.2, 0) is 0 Å². The van der Waals surface area contributed by atoms with Gasteiger partial charge in [-0.05, 0) is 30.3 Å². The van der Waals surface area contributed by atoms with Gasteiger partial charge < -0.3 is 4.74 Å². The molecule has 5 heteroatoms. The van der Waals surface area contributed by atoms with Gasteiger partial charge in [0.1, 0.15) is 5.75 Å². The number of halogens is 2. The molecule has 0 saturated heterocycles. The van der Waals surface area contributed by atoms with Crippen molar-refractivity contribution in [3.63, 3.8) is 0 Å². The van der Waals surface area contributed by atoms with E-state index in [2.05, 4.69) is 0 Å². The first kappa shape index (κ1) is 12.4. The SMILES string of the molecule is COc1ccc(C(=O)c2ccc(Cl)s2)c(Cl)c1. The average Bonchev–Trinajstić information content (AvgIpc) is 2.75. The van der Waals surface area contributed by atoms with E-state index >= 15 is 0 Å². The summed E-state index contributed by atoms with van der Waals surface area (Å²) in [5.74, 6) is 0.491. The van der Waals surface area contributed by atoms with Gasteiger partial charge in [-0.1, -0.05) is 23.2 Å². The number of thiophene rings is 1. The Balaban J connectivity index is 2.37. The maximum Gasteiger partial charge on any atom is 0.204 e. The summed E-state index contributed by atoms with van der Waals surface area (Å²) in [5, 5.41) is 0.374. The van der Waals surface area contributed by atoms with Gasteiger partial charge in [0.05, 0.1) is 21.3 Å². The molecule has 0 amide bonds. The van der Waals surface area contributed by atoms with E-state index in [0.29, 0.717) is 25.5 Å². The zero-order valence-electron chi connectivity index (χ0n) is 8.87. The number of rotatable bonds is 3. The molecule has 1 aromatic heterocycles. The summed E-state index contributed by atoms with van der Waals surface area (Å²) in [6.45, 7) is 0. The highest BCUT2D eigenvalue weighted by Gasteiger charge is 2.15. The van der Waals surface area contributed by atoms with Gasteiger partial charge in [0.25, 0.3) is 0 Å². The second-order valence-electron chi connectivity index (χ2n) is 3.28. The number of methoxy groups -OCH3 is 1. The fourth-order valence-electron chi connectivity index (χ4n) is 1.38. The van der Waals surface area contributed by atoms with Crippen molar-refractivity contribution in [2.24, 2.45) is 0 Å². The van der Waals surface area contributed by atoms with Crippen LogP contribution >= 0.6 is 34.5 Å². The molecule has 2 nitrogen and oxygen atoms in total. The average molecular weight is 287 g/mol. The summed E-state index contributed by atoms with van der Waals surface area (Å²) >= 11 is 13.1. The number of carbonyl (C=O) groups is 1. The Kier molecular flexibility index (Phi) is 3.72. The first-order chi connectivity index (χ1) is 8.11. The number of ether oxygens (including phenoxy) is 1. The lowest BCUT2D eigenvalue weighted by atomic mass is 10.1. The van der Waals surface area contributed by atoms with Gasteiger partial charge in [-0.3, -0.25) is 4.79 Å². The van der Waals surface area contributed by atoms with Crippen LogP contribution in [0, 0.1) is 0 Å². The standard InChI is InChI=1S/C12H8Cl2O2S/c1-16-7-2-3-8(9(13)6-7)12(15)10-4-5-11(14)17-10/h2-6H,1H3. The van der Waals surface area contributed by atoms with E-state index in [9.17, 15) is 4.79 Å². The van der Waals surface area contributed by atoms with Crippen LogP contribution < -0.4 is 4.74 Å². The van der Waals surface area contributed by atoms with Crippen molar-refractivity contribution in [1.29, 1.82) is 0 Å². The molecule has 17 heavy (non-hydrogen) atoms. The van der Waals surface area contributed by atoms with E-state index in [1.165, 1.54) is 11.3 Å². The Morgan fingerprint density at radius 3 is 2.53 bits per heavy atom. The van der Waals surface area contributed by atoms with Crippen molar-refractivity contribution < 1.29 is 9.53 Å². The molecule has 88 valence electrons. The topological polar surface area (TPSA) is 26.3 Å². The lowest BCUT2D eigenvalue weighted by Crippen LogP contribution is -1.99. The Morgan fingerprint density at radius 1 is 1.24 bits per heavy atom. The molecule has 2 aromatic rings. The summed E-state index contributed by atoms with van der Waals surface area (Å²) in [4.78, 5) is 12.7. The predicted octanol–water partition coefficient (Wildman–Crippen LogP) is 4.29. The minimum atomic E-state index is -0.130. The molecular weight excluding hydrogens is 279 g/mol. The summed E-state index contributed by atoms with van der Waals surface area (Å²) in [7, 11) is 1.55. The molecule has 0 atom stereocenters. The maximum atomic E-state index is 12.1. The Labute approximate surface area is 113 Å². The van der Waals surface area contributed by atoms with Crippen LogP contribution in [0.4, 0.5) is 0 Å². The molecule has 0 bridgehead atoms. The van der Waals surface area contributed by atoms with E-state index < -0.39 is 0 Å². The number of hydrogen-bond donors (Lipinski definition) is 0. The number of benzene rings is 1. The first-order valence-corrected chi connectivity index (χ1v) is 6.32. The van der Waals surface area contributed by atoms with Gasteiger partial charge in [-0.25, -0.2) is 0 Å². The van der Waals surface area contributed by atoms with Crippen molar-refractivity contribution in [2.45, 2.75) is 0 Å². The van der Waals surface area contributed by atoms with Gasteiger partial charge in [-0.2, -0.15) is 0 Å². The van der Waals surface area contributed by atoms with Gasteiger partial charge in [0.2, 0.25) is 5.78 Å². The largest absolute Gasteiger partial charge is 0.497 e. The van der Waals surface area contributed by atoms with Crippen LogP contribution in [0.25, 0.3) is 0 Å². The number of hydrogen-bond acceptors (Lipinski definition) is 3. The Hall–Kier alpha value is -1.03. The van der Waals surface area contributed by atoms with Crippen molar-refractivity contribution in [2.75, 3.05) is 7.11 Å². The van der Waals surface area contributed by atoms with Crippen molar-refractivity contribution >= 4 is 40.3 Å². The van der Waals surface area contributed by atoms with E-state index in [4.69, 9.17) is 27.9 Å². The van der Waals surface area contributed by atoms with E-state index in [0.717, 1.165) is 0 Å². The first-order valence-electron chi connectivity index (χ1n) is 4.75. The quantitative estimate of drug-likeness (QED) is 0.787. The Morgan fingerprint density at radius 2 is 2.00 bits per heavy atom. The third-order valence-electron chi connectivity index (χ3n) is 2.22. The second-order valence-corrected chi connectivity index (χ2v) is 5.40. The highest BCUT2D eigenvalue weighted by atomic mass is 35.5. The van der Waals surface area contributed by atoms with Gasteiger partial charge in [-0.15, -0.1) is 11.3 Å². The molecule has 0 aliphatic heterocycles. The van der Waals surface area contributed by atoms with Crippen LogP contribution in [0.1, 0.15) is 15.2 Å². The zero-order chi connectivity index (χ0) is 12.4. The van der Waals surface area contributed by atoms with Gasteiger partial charge >= 0.3 is 0 Å². The molecule has 0 radical (unpaired) electrons. The summed E-state index contributed by atoms with van der Waals surface area (Å²) in [6, 6.07) is 8.35. The molecule has 0 aliphatic carbocycles. The molecule has 1 aromatic carbocycles. The van der Waals surface area contributed by atoms with Gasteiger partial charge in [0.15, 0.2) is 0 Å². The third kappa shape index (κ3) is 2.63. The van der Waals surface area contributed by atoms with E-state index in [1.54, 1.807) is 37.4 Å².